The van der Waals surface area contributed by atoms with Crippen LogP contribution >= 0.6 is 23.2 Å². The predicted molar refractivity (Wildman–Crippen MR) is 112 cm³/mol. The molecule has 0 aliphatic rings. The number of nitrogens with zero attached hydrogens (tertiary/aromatic N) is 3. The molecule has 0 spiro atoms. The summed E-state index contributed by atoms with van der Waals surface area (Å²) in [5, 5.41) is 14.6. The Morgan fingerprint density at radius 2 is 1.97 bits per heavy atom. The van der Waals surface area contributed by atoms with Crippen LogP contribution in [0.4, 0.5) is 15.0 Å². The minimum Gasteiger partial charge on any atom is -0.338 e. The van der Waals surface area contributed by atoms with Crippen LogP contribution in [0.3, 0.4) is 0 Å². The van der Waals surface area contributed by atoms with E-state index in [1.807, 2.05) is 6.07 Å². The minimum absolute atomic E-state index is 0.233. The molecule has 0 aliphatic heterocycles. The molecule has 9 heteroatoms. The van der Waals surface area contributed by atoms with Gasteiger partial charge < -0.3 is 5.32 Å². The van der Waals surface area contributed by atoms with Crippen LogP contribution in [0.15, 0.2) is 42.5 Å². The number of benzene rings is 2. The quantitative estimate of drug-likeness (QED) is 0.521. The smallest absolute Gasteiger partial charge is 0.320 e. The number of anilines is 1. The second-order valence-corrected chi connectivity index (χ2v) is 7.34. The van der Waals surface area contributed by atoms with Crippen molar-refractivity contribution in [1.82, 2.24) is 20.3 Å². The fourth-order valence-corrected chi connectivity index (χ4v) is 3.27. The Bertz CT molecular complexity index is 1010. The maximum atomic E-state index is 13.8. The molecule has 2 aromatic carbocycles. The van der Waals surface area contributed by atoms with Crippen molar-refractivity contribution < 1.29 is 9.18 Å². The molecule has 1 aromatic heterocycles. The summed E-state index contributed by atoms with van der Waals surface area (Å²) in [6, 6.07) is 11.5. The minimum atomic E-state index is -0.381. The van der Waals surface area contributed by atoms with Gasteiger partial charge in [0, 0.05) is 22.2 Å². The van der Waals surface area contributed by atoms with Crippen molar-refractivity contribution in [2.24, 2.45) is 0 Å². The monoisotopic (exact) mass is 435 g/mol. The van der Waals surface area contributed by atoms with Gasteiger partial charge in [-0.15, -0.1) is 5.10 Å². The molecule has 1 heterocycles. The molecule has 0 aliphatic carbocycles. The summed E-state index contributed by atoms with van der Waals surface area (Å²) < 4.78 is 15.3. The van der Waals surface area contributed by atoms with Crippen LogP contribution in [0.25, 0.3) is 0 Å². The molecule has 0 saturated heterocycles. The van der Waals surface area contributed by atoms with Crippen molar-refractivity contribution in [2.75, 3.05) is 11.9 Å². The van der Waals surface area contributed by atoms with Gasteiger partial charge in [0.1, 0.15) is 5.82 Å². The zero-order valence-electron chi connectivity index (χ0n) is 15.8. The Hall–Kier alpha value is -2.64. The molecule has 2 amide bonds. The maximum absolute atomic E-state index is 13.8. The van der Waals surface area contributed by atoms with Crippen LogP contribution in [0.1, 0.15) is 23.2 Å². The molecule has 0 bridgehead atoms. The molecule has 2 N–H and O–H groups in total. The highest BCUT2D eigenvalue weighted by atomic mass is 35.5. The van der Waals surface area contributed by atoms with Gasteiger partial charge in [-0.3, -0.25) is 5.32 Å². The zero-order chi connectivity index (χ0) is 20.8. The summed E-state index contributed by atoms with van der Waals surface area (Å²) >= 11 is 12.0. The lowest BCUT2D eigenvalue weighted by atomic mass is 10.1. The molecule has 0 atom stereocenters. The van der Waals surface area contributed by atoms with Crippen LogP contribution in [0.5, 0.6) is 0 Å². The van der Waals surface area contributed by atoms with Crippen molar-refractivity contribution in [3.63, 3.8) is 0 Å². The van der Waals surface area contributed by atoms with Crippen LogP contribution in [0, 0.1) is 12.7 Å². The van der Waals surface area contributed by atoms with Crippen molar-refractivity contribution in [1.29, 1.82) is 0 Å². The average Bonchev–Trinajstić information content (AvgIpc) is 3.02. The van der Waals surface area contributed by atoms with Crippen molar-refractivity contribution in [2.45, 2.75) is 26.3 Å². The Labute approximate surface area is 178 Å². The van der Waals surface area contributed by atoms with Crippen LogP contribution in [0.2, 0.25) is 10.0 Å². The van der Waals surface area contributed by atoms with Gasteiger partial charge in [0.2, 0.25) is 0 Å². The third kappa shape index (κ3) is 5.68. The number of rotatable bonds is 7. The number of carbonyl (C=O) groups is 1. The third-order valence-corrected chi connectivity index (χ3v) is 5.00. The first-order valence-corrected chi connectivity index (χ1v) is 9.82. The normalized spacial score (nSPS) is 10.8. The Kier molecular flexibility index (Phi) is 7.06. The number of nitrogens with one attached hydrogen (secondary N) is 2. The number of carbonyl (C=O) groups excluding carboxylic acids is 1. The molecule has 0 unspecified atom stereocenters. The predicted octanol–water partition coefficient (Wildman–Crippen LogP) is 4.84. The summed E-state index contributed by atoms with van der Waals surface area (Å²) in [5.41, 5.74) is 2.11. The van der Waals surface area contributed by atoms with Crippen LogP contribution < -0.4 is 10.6 Å². The molecule has 3 aromatic rings. The zero-order valence-corrected chi connectivity index (χ0v) is 17.3. The molecule has 3 rings (SSSR count). The second-order valence-electron chi connectivity index (χ2n) is 6.49. The second kappa shape index (κ2) is 9.71. The summed E-state index contributed by atoms with van der Waals surface area (Å²) in [7, 11) is 0. The lowest BCUT2D eigenvalue weighted by Crippen LogP contribution is -2.30. The molecule has 0 fully saturated rings. The maximum Gasteiger partial charge on any atom is 0.320 e. The Balaban J connectivity index is 1.48. The van der Waals surface area contributed by atoms with Crippen LogP contribution in [-0.4, -0.2) is 27.6 Å². The Morgan fingerprint density at radius 1 is 1.17 bits per heavy atom. The van der Waals surface area contributed by atoms with E-state index < -0.39 is 0 Å². The number of amides is 2. The van der Waals surface area contributed by atoms with Gasteiger partial charge in [-0.2, -0.15) is 0 Å². The van der Waals surface area contributed by atoms with E-state index in [9.17, 15) is 9.18 Å². The fourth-order valence-electron chi connectivity index (χ4n) is 2.77. The van der Waals surface area contributed by atoms with E-state index in [1.54, 1.807) is 37.3 Å². The lowest BCUT2D eigenvalue weighted by molar-refractivity contribution is 0.252. The van der Waals surface area contributed by atoms with Gasteiger partial charge in [0.15, 0.2) is 5.82 Å². The van der Waals surface area contributed by atoms with Gasteiger partial charge in [-0.25, -0.2) is 13.9 Å². The molecule has 0 radical (unpaired) electrons. The van der Waals surface area contributed by atoms with E-state index in [2.05, 4.69) is 20.9 Å². The number of hydrogen-bond donors (Lipinski definition) is 2. The van der Waals surface area contributed by atoms with Gasteiger partial charge in [0.25, 0.3) is 0 Å². The molecular weight excluding hydrogens is 416 g/mol. The first-order chi connectivity index (χ1) is 13.9. The highest BCUT2D eigenvalue weighted by Gasteiger charge is 2.13. The van der Waals surface area contributed by atoms with E-state index in [4.69, 9.17) is 23.2 Å². The number of urea groups is 1. The number of aromatic nitrogens is 3. The van der Waals surface area contributed by atoms with Crippen molar-refractivity contribution >= 4 is 35.1 Å². The standard InChI is InChI=1S/C20H20Cl2FN5O/c1-13-19(26-27-28(13)12-15-5-2-3-7-18(15)23)25-20(29)24-10-4-6-14-8-9-16(21)11-17(14)22/h2-3,5,7-9,11H,4,6,10,12H2,1H3,(H2,24,25,29). The molecule has 29 heavy (non-hydrogen) atoms. The molecule has 0 saturated carbocycles. The van der Waals surface area contributed by atoms with Gasteiger partial charge in [-0.05, 0) is 43.5 Å². The molecule has 152 valence electrons. The van der Waals surface area contributed by atoms with Gasteiger partial charge >= 0.3 is 6.03 Å². The lowest BCUT2D eigenvalue weighted by Gasteiger charge is -2.08. The fraction of sp³-hybridized carbons (Fsp3) is 0.250. The Morgan fingerprint density at radius 3 is 2.72 bits per heavy atom. The van der Waals surface area contributed by atoms with Gasteiger partial charge in [0.05, 0.1) is 12.2 Å². The van der Waals surface area contributed by atoms with E-state index in [-0.39, 0.29) is 18.4 Å². The number of aryl methyl sites for hydroxylation is 1. The third-order valence-electron chi connectivity index (χ3n) is 4.42. The number of hydrogen-bond acceptors (Lipinski definition) is 3. The SMILES string of the molecule is Cc1c(NC(=O)NCCCc2ccc(Cl)cc2Cl)nnn1Cc1ccccc1F. The average molecular weight is 436 g/mol. The molecular formula is C20H20Cl2FN5O. The van der Waals surface area contributed by atoms with E-state index in [1.165, 1.54) is 10.7 Å². The highest BCUT2D eigenvalue weighted by molar-refractivity contribution is 6.35. The first kappa shape index (κ1) is 21.1. The number of halogens is 3. The summed E-state index contributed by atoms with van der Waals surface area (Å²) in [5.74, 6) is 0.0232. The topological polar surface area (TPSA) is 71.8 Å². The van der Waals surface area contributed by atoms with E-state index in [0.29, 0.717) is 46.5 Å². The highest BCUT2D eigenvalue weighted by Crippen LogP contribution is 2.22. The molecule has 6 nitrogen and oxygen atoms in total. The largest absolute Gasteiger partial charge is 0.338 e. The van der Waals surface area contributed by atoms with Crippen LogP contribution in [-0.2, 0) is 13.0 Å². The van der Waals surface area contributed by atoms with Crippen molar-refractivity contribution in [3.8, 4) is 0 Å². The summed E-state index contributed by atoms with van der Waals surface area (Å²) in [4.78, 5) is 12.1. The van der Waals surface area contributed by atoms with E-state index in [0.717, 1.165) is 5.56 Å². The van der Waals surface area contributed by atoms with Crippen molar-refractivity contribution in [3.05, 3.63) is 75.1 Å². The van der Waals surface area contributed by atoms with E-state index >= 15 is 0 Å². The van der Waals surface area contributed by atoms with Gasteiger partial charge in [-0.1, -0.05) is 52.7 Å². The summed E-state index contributed by atoms with van der Waals surface area (Å²) in [6.45, 7) is 2.46. The summed E-state index contributed by atoms with van der Waals surface area (Å²) in [6.07, 6.45) is 1.43. The first-order valence-electron chi connectivity index (χ1n) is 9.06.